The van der Waals surface area contributed by atoms with Gasteiger partial charge in [0.05, 0.1) is 19.0 Å². The van der Waals surface area contributed by atoms with E-state index >= 15 is 0 Å². The van der Waals surface area contributed by atoms with Crippen molar-refractivity contribution < 1.29 is 18.3 Å². The smallest absolute Gasteiger partial charge is 0.251 e. The van der Waals surface area contributed by atoms with Gasteiger partial charge < -0.3 is 20.3 Å². The largest absolute Gasteiger partial charge is 0.494 e. The Morgan fingerprint density at radius 1 is 1.05 bits per heavy atom. The fourth-order valence-electron chi connectivity index (χ4n) is 5.80. The first kappa shape index (κ1) is 30.4. The lowest BCUT2D eigenvalue weighted by molar-refractivity contribution is 0.0945. The summed E-state index contributed by atoms with van der Waals surface area (Å²) in [5, 5.41) is 6.74. The van der Waals surface area contributed by atoms with Gasteiger partial charge in [-0.05, 0) is 69.0 Å². The highest BCUT2D eigenvalue weighted by molar-refractivity contribution is 5.94. The van der Waals surface area contributed by atoms with Gasteiger partial charge in [-0.15, -0.1) is 0 Å². The van der Waals surface area contributed by atoms with Crippen LogP contribution in [-0.2, 0) is 0 Å². The van der Waals surface area contributed by atoms with Crippen molar-refractivity contribution in [1.29, 1.82) is 0 Å². The van der Waals surface area contributed by atoms with Gasteiger partial charge >= 0.3 is 0 Å². The van der Waals surface area contributed by atoms with Crippen molar-refractivity contribution in [3.05, 3.63) is 78.3 Å². The number of carbonyl (C=O) groups excluding carboxylic acids is 1. The van der Waals surface area contributed by atoms with Crippen molar-refractivity contribution in [2.24, 2.45) is 5.92 Å². The van der Waals surface area contributed by atoms with E-state index in [1.54, 1.807) is 16.8 Å². The zero-order chi connectivity index (χ0) is 30.2. The minimum atomic E-state index is -1.04. The number of methoxy groups -OCH3 is 1. The molecule has 0 radical (unpaired) electrons. The van der Waals surface area contributed by atoms with Crippen LogP contribution in [0.1, 0.15) is 55.8 Å². The maximum Gasteiger partial charge on any atom is 0.251 e. The van der Waals surface area contributed by atoms with Crippen LogP contribution in [0.15, 0.2) is 61.1 Å². The topological polar surface area (TPSA) is 83.8 Å². The van der Waals surface area contributed by atoms with Crippen LogP contribution in [-0.4, -0.2) is 64.5 Å². The lowest BCUT2D eigenvalue weighted by Crippen LogP contribution is -2.36. The summed E-state index contributed by atoms with van der Waals surface area (Å²) in [6.07, 6.45) is 11.2. The Kier molecular flexibility index (Phi) is 10.2. The molecule has 1 aliphatic heterocycles. The fourth-order valence-corrected chi connectivity index (χ4v) is 5.80. The van der Waals surface area contributed by atoms with Crippen LogP contribution in [0.25, 0.3) is 16.9 Å². The molecule has 1 fully saturated rings. The standard InChI is InChI=1S/C33H40F2N6O2/c1-3-23(21-38-33(42)24-10-6-4-7-11-24)20-25(14-18-40-16-8-5-9-17-40)39-31-32-37-22-27(41(32)19-15-36-31)26-12-13-28(43-2)30(35)29(26)34/h4,6-7,10-13,15,19,22-23,25H,3,5,8-9,14,16-18,20-21H2,1-2H3,(H,36,39)(H,38,42). The van der Waals surface area contributed by atoms with Gasteiger partial charge in [0.1, 0.15) is 0 Å². The number of carbonyl (C=O) groups is 1. The number of piperidine rings is 1. The van der Waals surface area contributed by atoms with Crippen LogP contribution >= 0.6 is 0 Å². The molecule has 2 atom stereocenters. The molecule has 1 saturated heterocycles. The molecule has 0 bridgehead atoms. The summed E-state index contributed by atoms with van der Waals surface area (Å²) in [6.45, 7) is 5.89. The van der Waals surface area contributed by atoms with Gasteiger partial charge in [0.2, 0.25) is 5.82 Å². The number of hydrogen-bond donors (Lipinski definition) is 2. The second kappa shape index (κ2) is 14.4. The van der Waals surface area contributed by atoms with Crippen molar-refractivity contribution in [2.75, 3.05) is 38.6 Å². The van der Waals surface area contributed by atoms with Crippen molar-refractivity contribution in [1.82, 2.24) is 24.6 Å². The van der Waals surface area contributed by atoms with Gasteiger partial charge in [-0.1, -0.05) is 38.0 Å². The molecule has 2 unspecified atom stereocenters. The summed E-state index contributed by atoms with van der Waals surface area (Å²) >= 11 is 0. The van der Waals surface area contributed by atoms with Crippen LogP contribution < -0.4 is 15.4 Å². The summed E-state index contributed by atoms with van der Waals surface area (Å²) in [4.78, 5) is 24.4. The van der Waals surface area contributed by atoms with E-state index < -0.39 is 11.6 Å². The number of imidazole rings is 1. The second-order valence-corrected chi connectivity index (χ2v) is 11.2. The van der Waals surface area contributed by atoms with Crippen molar-refractivity contribution in [3.63, 3.8) is 0 Å². The zero-order valence-electron chi connectivity index (χ0n) is 24.9. The highest BCUT2D eigenvalue weighted by atomic mass is 19.2. The quantitative estimate of drug-likeness (QED) is 0.193. The van der Waals surface area contributed by atoms with Gasteiger partial charge in [-0.3, -0.25) is 9.20 Å². The number of nitrogens with zero attached hydrogens (tertiary/aromatic N) is 4. The number of aromatic nitrogens is 3. The third kappa shape index (κ3) is 7.30. The molecule has 2 N–H and O–H groups in total. The fraction of sp³-hybridized carbons (Fsp3) is 0.424. The number of hydrogen-bond acceptors (Lipinski definition) is 6. The maximum atomic E-state index is 15.0. The summed E-state index contributed by atoms with van der Waals surface area (Å²) in [5.41, 5.74) is 1.68. The number of amides is 1. The predicted molar refractivity (Wildman–Crippen MR) is 164 cm³/mol. The number of ether oxygens (including phenoxy) is 1. The third-order valence-corrected chi connectivity index (χ3v) is 8.34. The molecule has 2 aromatic carbocycles. The van der Waals surface area contributed by atoms with Crippen molar-refractivity contribution in [2.45, 2.75) is 51.5 Å². The third-order valence-electron chi connectivity index (χ3n) is 8.34. The monoisotopic (exact) mass is 590 g/mol. The Morgan fingerprint density at radius 3 is 2.58 bits per heavy atom. The molecule has 0 aliphatic carbocycles. The predicted octanol–water partition coefficient (Wildman–Crippen LogP) is 6.19. The zero-order valence-corrected chi connectivity index (χ0v) is 24.9. The molecule has 2 aromatic heterocycles. The molecule has 1 aliphatic rings. The Labute approximate surface area is 251 Å². The maximum absolute atomic E-state index is 15.0. The molecule has 228 valence electrons. The molecule has 5 rings (SSSR count). The number of nitrogens with one attached hydrogen (secondary N) is 2. The van der Waals surface area contributed by atoms with Crippen molar-refractivity contribution >= 4 is 17.4 Å². The van der Waals surface area contributed by atoms with E-state index in [4.69, 9.17) is 4.74 Å². The van der Waals surface area contributed by atoms with Crippen LogP contribution in [0.2, 0.25) is 0 Å². The average molecular weight is 591 g/mol. The average Bonchev–Trinajstić information content (AvgIpc) is 3.48. The summed E-state index contributed by atoms with van der Waals surface area (Å²) in [5.74, 6) is -1.43. The van der Waals surface area contributed by atoms with Gasteiger partial charge in [0, 0.05) is 42.7 Å². The highest BCUT2D eigenvalue weighted by Crippen LogP contribution is 2.31. The molecule has 4 aromatic rings. The van der Waals surface area contributed by atoms with Gasteiger partial charge in [-0.25, -0.2) is 14.4 Å². The Hall–Kier alpha value is -4.05. The molecular weight excluding hydrogens is 550 g/mol. The molecule has 8 nitrogen and oxygen atoms in total. The molecule has 0 saturated carbocycles. The number of halogens is 2. The number of benzene rings is 2. The van der Waals surface area contributed by atoms with Gasteiger partial charge in [0.25, 0.3) is 5.91 Å². The molecular formula is C33H40F2N6O2. The molecule has 43 heavy (non-hydrogen) atoms. The van der Waals surface area contributed by atoms with Crippen LogP contribution in [0.4, 0.5) is 14.6 Å². The minimum absolute atomic E-state index is 0.0644. The minimum Gasteiger partial charge on any atom is -0.494 e. The SMILES string of the molecule is CCC(CNC(=O)c1ccccc1)CC(CCN1CCCCC1)Nc1nccn2c(-c3ccc(OC)c(F)c3F)cnc12. The molecule has 3 heterocycles. The number of anilines is 1. The summed E-state index contributed by atoms with van der Waals surface area (Å²) in [7, 11) is 1.30. The molecule has 10 heteroatoms. The van der Waals surface area contributed by atoms with Gasteiger partial charge in [-0.2, -0.15) is 4.39 Å². The van der Waals surface area contributed by atoms with E-state index in [1.807, 2.05) is 30.3 Å². The second-order valence-electron chi connectivity index (χ2n) is 11.2. The number of fused-ring (bicyclic) bond motifs is 1. The normalized spacial score (nSPS) is 15.3. The Balaban J connectivity index is 1.35. The van der Waals surface area contributed by atoms with Gasteiger partial charge in [0.15, 0.2) is 23.0 Å². The van der Waals surface area contributed by atoms with E-state index in [0.29, 0.717) is 29.3 Å². The highest BCUT2D eigenvalue weighted by Gasteiger charge is 2.22. The summed E-state index contributed by atoms with van der Waals surface area (Å²) in [6, 6.07) is 12.2. The van der Waals surface area contributed by atoms with E-state index in [1.165, 1.54) is 44.7 Å². The first-order chi connectivity index (χ1) is 21.0. The van der Waals surface area contributed by atoms with Crippen LogP contribution in [0.3, 0.4) is 0 Å². The van der Waals surface area contributed by atoms with E-state index in [9.17, 15) is 13.6 Å². The summed E-state index contributed by atoms with van der Waals surface area (Å²) < 4.78 is 36.2. The number of likely N-dealkylation sites (tertiary alicyclic amines) is 1. The van der Waals surface area contributed by atoms with E-state index in [0.717, 1.165) is 38.9 Å². The lowest BCUT2D eigenvalue weighted by Gasteiger charge is -2.30. The number of rotatable bonds is 13. The Bertz CT molecular complexity index is 1510. The first-order valence-electron chi connectivity index (χ1n) is 15.1. The lowest BCUT2D eigenvalue weighted by atomic mass is 9.94. The van der Waals surface area contributed by atoms with Crippen molar-refractivity contribution in [3.8, 4) is 17.0 Å². The van der Waals surface area contributed by atoms with E-state index in [-0.39, 0.29) is 29.2 Å². The van der Waals surface area contributed by atoms with Crippen LogP contribution in [0.5, 0.6) is 5.75 Å². The molecule has 1 amide bonds. The van der Waals surface area contributed by atoms with Crippen LogP contribution in [0, 0.1) is 17.6 Å². The molecule has 0 spiro atoms. The Morgan fingerprint density at radius 2 is 1.84 bits per heavy atom. The van der Waals surface area contributed by atoms with E-state index in [2.05, 4.69) is 32.4 Å². The first-order valence-corrected chi connectivity index (χ1v) is 15.1.